The lowest BCUT2D eigenvalue weighted by molar-refractivity contribution is 0.0952. The topological polar surface area (TPSA) is 32.9 Å². The third-order valence-corrected chi connectivity index (χ3v) is 6.20. The van der Waals surface area contributed by atoms with Gasteiger partial charge in [0.05, 0.1) is 5.92 Å². The highest BCUT2D eigenvalue weighted by Crippen LogP contribution is 2.43. The largest absolute Gasteiger partial charge is 0.361 e. The zero-order valence-corrected chi connectivity index (χ0v) is 18.0. The molecule has 0 bridgehead atoms. The predicted octanol–water partition coefficient (Wildman–Crippen LogP) is 7.27. The van der Waals surface area contributed by atoms with E-state index < -0.39 is 0 Å². The number of fused-ring (bicyclic) bond motifs is 1. The third-order valence-electron chi connectivity index (χ3n) is 6.20. The van der Waals surface area contributed by atoms with Gasteiger partial charge in [0.25, 0.3) is 0 Å². The van der Waals surface area contributed by atoms with Crippen LogP contribution < -0.4 is 0 Å². The Hall–Kier alpha value is -3.91. The Morgan fingerprint density at radius 2 is 1.31 bits per heavy atom. The van der Waals surface area contributed by atoms with Gasteiger partial charge >= 0.3 is 0 Å². The molecule has 0 amide bonds. The summed E-state index contributed by atoms with van der Waals surface area (Å²) in [4.78, 5) is 17.5. The van der Waals surface area contributed by atoms with Gasteiger partial charge in [0.1, 0.15) is 0 Å². The zero-order chi connectivity index (χ0) is 21.9. The second kappa shape index (κ2) is 8.68. The van der Waals surface area contributed by atoms with E-state index in [1.165, 1.54) is 5.56 Å². The van der Waals surface area contributed by atoms with Crippen LogP contribution in [-0.2, 0) is 0 Å². The van der Waals surface area contributed by atoms with Gasteiger partial charge in [0.15, 0.2) is 5.78 Å². The summed E-state index contributed by atoms with van der Waals surface area (Å²) in [6.07, 6.45) is 2.08. The molecule has 5 rings (SSSR count). The van der Waals surface area contributed by atoms with E-state index in [0.717, 1.165) is 33.2 Å². The first-order valence-corrected chi connectivity index (χ1v) is 11.0. The van der Waals surface area contributed by atoms with Gasteiger partial charge in [0, 0.05) is 28.6 Å². The molecular formula is C30H25NO. The van der Waals surface area contributed by atoms with Crippen molar-refractivity contribution in [2.75, 3.05) is 0 Å². The molecule has 0 radical (unpaired) electrons. The molecule has 4 aromatic carbocycles. The van der Waals surface area contributed by atoms with E-state index in [4.69, 9.17) is 0 Å². The molecule has 0 saturated heterocycles. The van der Waals surface area contributed by atoms with Crippen LogP contribution in [0.4, 0.5) is 0 Å². The lowest BCUT2D eigenvalue weighted by Crippen LogP contribution is -2.22. The number of Topliss-reactive ketones (excluding diaryl/α,β-unsaturated/α-hetero) is 1. The molecule has 2 unspecified atom stereocenters. The molecule has 156 valence electrons. The van der Waals surface area contributed by atoms with Crippen LogP contribution in [0.3, 0.4) is 0 Å². The molecule has 0 saturated carbocycles. The maximum Gasteiger partial charge on any atom is 0.171 e. The van der Waals surface area contributed by atoms with E-state index in [-0.39, 0.29) is 17.6 Å². The van der Waals surface area contributed by atoms with Crippen molar-refractivity contribution in [3.05, 3.63) is 143 Å². The van der Waals surface area contributed by atoms with Gasteiger partial charge in [0.2, 0.25) is 0 Å². The number of aryl methyl sites for hydroxylation is 1. The number of aromatic amines is 1. The van der Waals surface area contributed by atoms with Gasteiger partial charge < -0.3 is 4.98 Å². The van der Waals surface area contributed by atoms with Crippen molar-refractivity contribution in [2.24, 2.45) is 0 Å². The van der Waals surface area contributed by atoms with Gasteiger partial charge in [-0.05, 0) is 35.2 Å². The third kappa shape index (κ3) is 3.76. The Balaban J connectivity index is 1.75. The second-order valence-corrected chi connectivity index (χ2v) is 8.30. The lowest BCUT2D eigenvalue weighted by Gasteiger charge is -2.27. The number of H-pyrrole nitrogens is 1. The fraction of sp³-hybridized carbons (Fsp3) is 0.100. The molecular weight excluding hydrogens is 390 g/mol. The summed E-state index contributed by atoms with van der Waals surface area (Å²) < 4.78 is 0. The van der Waals surface area contributed by atoms with Crippen LogP contribution in [0.15, 0.2) is 115 Å². The summed E-state index contributed by atoms with van der Waals surface area (Å²) in [7, 11) is 0. The van der Waals surface area contributed by atoms with Gasteiger partial charge in [-0.2, -0.15) is 0 Å². The summed E-state index contributed by atoms with van der Waals surface area (Å²) in [6.45, 7) is 2.10. The summed E-state index contributed by atoms with van der Waals surface area (Å²) >= 11 is 0. The average Bonchev–Trinajstić information content (AvgIpc) is 3.26. The molecule has 0 fully saturated rings. The number of hydrogen-bond donors (Lipinski definition) is 1. The Kier molecular flexibility index (Phi) is 5.43. The molecule has 0 aliphatic carbocycles. The number of aromatic nitrogens is 1. The van der Waals surface area contributed by atoms with Crippen LogP contribution in [0, 0.1) is 6.92 Å². The number of ketones is 1. The van der Waals surface area contributed by atoms with Crippen LogP contribution >= 0.6 is 0 Å². The van der Waals surface area contributed by atoms with E-state index in [1.807, 2.05) is 54.6 Å². The molecule has 0 aliphatic heterocycles. The normalized spacial score (nSPS) is 13.0. The van der Waals surface area contributed by atoms with E-state index in [9.17, 15) is 4.79 Å². The van der Waals surface area contributed by atoms with Crippen molar-refractivity contribution in [3.63, 3.8) is 0 Å². The first kappa shape index (κ1) is 20.0. The fourth-order valence-corrected chi connectivity index (χ4v) is 4.67. The Labute approximate surface area is 188 Å². The number of carbonyl (C=O) groups is 1. The second-order valence-electron chi connectivity index (χ2n) is 8.30. The predicted molar refractivity (Wildman–Crippen MR) is 131 cm³/mol. The minimum absolute atomic E-state index is 0.122. The average molecular weight is 416 g/mol. The molecule has 1 heterocycles. The number of rotatable bonds is 6. The SMILES string of the molecule is Cc1ccc2c(C(c3ccccc3)C(C(=O)c3ccccc3)c3ccccc3)c[nH]c2c1. The van der Waals surface area contributed by atoms with Gasteiger partial charge in [-0.3, -0.25) is 4.79 Å². The molecule has 32 heavy (non-hydrogen) atoms. The van der Waals surface area contributed by atoms with Crippen molar-refractivity contribution in [3.8, 4) is 0 Å². The molecule has 0 spiro atoms. The lowest BCUT2D eigenvalue weighted by atomic mass is 9.73. The maximum atomic E-state index is 14.0. The first-order valence-electron chi connectivity index (χ1n) is 11.0. The standard InChI is InChI=1S/C30H25NO/c1-21-17-18-25-26(20-31-27(25)19-21)28(22-11-5-2-6-12-22)29(23-13-7-3-8-14-23)30(32)24-15-9-4-10-16-24/h2-20,28-29,31H,1H3. The van der Waals surface area contributed by atoms with Gasteiger partial charge in [-0.25, -0.2) is 0 Å². The molecule has 1 aromatic heterocycles. The number of hydrogen-bond acceptors (Lipinski definition) is 1. The molecule has 1 N–H and O–H groups in total. The number of nitrogens with one attached hydrogen (secondary N) is 1. The van der Waals surface area contributed by atoms with Crippen molar-refractivity contribution < 1.29 is 4.79 Å². The minimum atomic E-state index is -0.346. The van der Waals surface area contributed by atoms with Gasteiger partial charge in [-0.1, -0.05) is 103 Å². The van der Waals surface area contributed by atoms with Gasteiger partial charge in [-0.15, -0.1) is 0 Å². The highest BCUT2D eigenvalue weighted by Gasteiger charge is 2.34. The van der Waals surface area contributed by atoms with Crippen molar-refractivity contribution in [1.82, 2.24) is 4.98 Å². The molecule has 0 aliphatic rings. The van der Waals surface area contributed by atoms with E-state index in [1.54, 1.807) is 0 Å². The quantitative estimate of drug-likeness (QED) is 0.291. The summed E-state index contributed by atoms with van der Waals surface area (Å²) in [6, 6.07) is 36.7. The Bertz CT molecular complexity index is 1340. The zero-order valence-electron chi connectivity index (χ0n) is 18.0. The highest BCUT2D eigenvalue weighted by molar-refractivity contribution is 6.02. The highest BCUT2D eigenvalue weighted by atomic mass is 16.1. The Morgan fingerprint density at radius 1 is 0.719 bits per heavy atom. The van der Waals surface area contributed by atoms with Crippen LogP contribution in [0.1, 0.15) is 44.4 Å². The van der Waals surface area contributed by atoms with Crippen LogP contribution in [-0.4, -0.2) is 10.8 Å². The first-order chi connectivity index (χ1) is 15.7. The van der Waals surface area contributed by atoms with Crippen LogP contribution in [0.25, 0.3) is 10.9 Å². The molecule has 2 nitrogen and oxygen atoms in total. The van der Waals surface area contributed by atoms with Crippen molar-refractivity contribution >= 4 is 16.7 Å². The van der Waals surface area contributed by atoms with Crippen molar-refractivity contribution in [2.45, 2.75) is 18.8 Å². The smallest absolute Gasteiger partial charge is 0.171 e. The Morgan fingerprint density at radius 3 is 1.97 bits per heavy atom. The molecule has 2 heteroatoms. The van der Waals surface area contributed by atoms with E-state index >= 15 is 0 Å². The van der Waals surface area contributed by atoms with E-state index in [0.29, 0.717) is 0 Å². The monoisotopic (exact) mass is 415 g/mol. The van der Waals surface area contributed by atoms with Crippen molar-refractivity contribution in [1.29, 1.82) is 0 Å². The summed E-state index contributed by atoms with van der Waals surface area (Å²) in [5, 5.41) is 1.16. The molecule has 5 aromatic rings. The number of benzene rings is 4. The van der Waals surface area contributed by atoms with E-state index in [2.05, 4.69) is 72.7 Å². The number of carbonyl (C=O) groups excluding carboxylic acids is 1. The minimum Gasteiger partial charge on any atom is -0.361 e. The van der Waals surface area contributed by atoms with Crippen LogP contribution in [0.5, 0.6) is 0 Å². The summed E-state index contributed by atoms with van der Waals surface area (Å²) in [5.41, 5.74) is 6.34. The maximum absolute atomic E-state index is 14.0. The van der Waals surface area contributed by atoms with Crippen LogP contribution in [0.2, 0.25) is 0 Å². The molecule has 2 atom stereocenters. The summed E-state index contributed by atoms with van der Waals surface area (Å²) in [5.74, 6) is -0.337. The fourth-order valence-electron chi connectivity index (χ4n) is 4.67.